The van der Waals surface area contributed by atoms with Gasteiger partial charge in [0.05, 0.1) is 19.8 Å². The van der Waals surface area contributed by atoms with Crippen molar-refractivity contribution in [3.8, 4) is 28.3 Å². The number of aromatic nitrogens is 3. The highest BCUT2D eigenvalue weighted by atomic mass is 16.5. The number of hydrogen-bond donors (Lipinski definition) is 0. The highest BCUT2D eigenvalue weighted by molar-refractivity contribution is 5.75. The Bertz CT molecular complexity index is 799. The maximum absolute atomic E-state index is 5.51. The molecule has 0 spiro atoms. The lowest BCUT2D eigenvalue weighted by Gasteiger charge is -2.14. The van der Waals surface area contributed by atoms with Gasteiger partial charge in [-0.1, -0.05) is 6.07 Å². The molecular formula is C19H21N3O2. The van der Waals surface area contributed by atoms with E-state index in [1.54, 1.807) is 20.4 Å². The van der Waals surface area contributed by atoms with Gasteiger partial charge < -0.3 is 14.0 Å². The van der Waals surface area contributed by atoms with Gasteiger partial charge >= 0.3 is 0 Å². The van der Waals surface area contributed by atoms with Gasteiger partial charge in [-0.05, 0) is 31.2 Å². The first-order valence-corrected chi connectivity index (χ1v) is 7.85. The maximum atomic E-state index is 5.51. The molecule has 0 amide bonds. The van der Waals surface area contributed by atoms with Gasteiger partial charge in [-0.2, -0.15) is 0 Å². The Morgan fingerprint density at radius 1 is 1.12 bits per heavy atom. The average Bonchev–Trinajstić information content (AvgIpc) is 3.09. The van der Waals surface area contributed by atoms with Gasteiger partial charge in [0, 0.05) is 48.6 Å². The summed E-state index contributed by atoms with van der Waals surface area (Å²) in [6, 6.07) is 10.0. The Labute approximate surface area is 141 Å². The molecule has 3 rings (SSSR count). The number of nitrogens with zero attached hydrogens (tertiary/aromatic N) is 3. The topological polar surface area (TPSA) is 49.2 Å². The fourth-order valence-corrected chi connectivity index (χ4v) is 2.66. The molecule has 0 aliphatic carbocycles. The van der Waals surface area contributed by atoms with Crippen LogP contribution in [-0.2, 0) is 11.3 Å². The molecule has 1 aromatic carbocycles. The standard InChI is InChI=1S/C19H21N3O2/c1-14(23-2)13-22-10-9-21-19(22)15-6-7-18(24-3)17(11-15)16-5-4-8-20-12-16/h4-12,14H,13H2,1-3H3. The molecule has 0 N–H and O–H groups in total. The second-order valence-electron chi connectivity index (χ2n) is 5.61. The van der Waals surface area contributed by atoms with E-state index in [-0.39, 0.29) is 6.10 Å². The Kier molecular flexibility index (Phi) is 4.91. The predicted molar refractivity (Wildman–Crippen MR) is 93.9 cm³/mol. The van der Waals surface area contributed by atoms with Gasteiger partial charge in [0.25, 0.3) is 0 Å². The van der Waals surface area contributed by atoms with Crippen LogP contribution in [0.2, 0.25) is 0 Å². The Balaban J connectivity index is 2.03. The van der Waals surface area contributed by atoms with Gasteiger partial charge in [-0.25, -0.2) is 4.98 Å². The fourth-order valence-electron chi connectivity index (χ4n) is 2.66. The lowest BCUT2D eigenvalue weighted by atomic mass is 10.0. The van der Waals surface area contributed by atoms with Crippen LogP contribution in [0.25, 0.3) is 22.5 Å². The highest BCUT2D eigenvalue weighted by Crippen LogP contribution is 2.33. The van der Waals surface area contributed by atoms with E-state index in [1.807, 2.05) is 49.8 Å². The molecule has 0 bridgehead atoms. The largest absolute Gasteiger partial charge is 0.496 e. The van der Waals surface area contributed by atoms with E-state index < -0.39 is 0 Å². The van der Waals surface area contributed by atoms with Crippen molar-refractivity contribution in [3.05, 3.63) is 55.1 Å². The molecule has 0 aliphatic heterocycles. The van der Waals surface area contributed by atoms with Crippen LogP contribution in [-0.4, -0.2) is 34.9 Å². The van der Waals surface area contributed by atoms with Gasteiger partial charge in [0.15, 0.2) is 0 Å². The van der Waals surface area contributed by atoms with Crippen LogP contribution < -0.4 is 4.74 Å². The molecule has 0 saturated heterocycles. The van der Waals surface area contributed by atoms with Crippen molar-refractivity contribution < 1.29 is 9.47 Å². The van der Waals surface area contributed by atoms with Crippen LogP contribution in [0.1, 0.15) is 6.92 Å². The number of rotatable bonds is 6. The van der Waals surface area contributed by atoms with Gasteiger partial charge in [0.1, 0.15) is 11.6 Å². The SMILES string of the molecule is COc1ccc(-c2nccn2CC(C)OC)cc1-c1cccnc1. The number of benzene rings is 1. The van der Waals surface area contributed by atoms with E-state index >= 15 is 0 Å². The summed E-state index contributed by atoms with van der Waals surface area (Å²) in [6.07, 6.45) is 7.50. The highest BCUT2D eigenvalue weighted by Gasteiger charge is 2.13. The first-order valence-electron chi connectivity index (χ1n) is 7.85. The molecule has 0 aliphatic rings. The number of imidazole rings is 1. The van der Waals surface area contributed by atoms with Crippen LogP contribution in [0, 0.1) is 0 Å². The van der Waals surface area contributed by atoms with Crippen LogP contribution in [0.15, 0.2) is 55.1 Å². The fraction of sp³-hybridized carbons (Fsp3) is 0.263. The van der Waals surface area contributed by atoms with Crippen LogP contribution in [0.3, 0.4) is 0 Å². The van der Waals surface area contributed by atoms with E-state index in [1.165, 1.54) is 0 Å². The molecule has 2 heterocycles. The number of hydrogen-bond acceptors (Lipinski definition) is 4. The molecular weight excluding hydrogens is 302 g/mol. The maximum Gasteiger partial charge on any atom is 0.139 e. The van der Waals surface area contributed by atoms with Crippen molar-refractivity contribution in [1.82, 2.24) is 14.5 Å². The van der Waals surface area contributed by atoms with E-state index in [0.717, 1.165) is 34.8 Å². The smallest absolute Gasteiger partial charge is 0.139 e. The zero-order valence-corrected chi connectivity index (χ0v) is 14.1. The second kappa shape index (κ2) is 7.27. The normalized spacial score (nSPS) is 12.1. The third-order valence-corrected chi connectivity index (χ3v) is 4.00. The summed E-state index contributed by atoms with van der Waals surface area (Å²) in [7, 11) is 3.39. The van der Waals surface area contributed by atoms with E-state index in [9.17, 15) is 0 Å². The van der Waals surface area contributed by atoms with E-state index in [2.05, 4.69) is 20.6 Å². The molecule has 5 nitrogen and oxygen atoms in total. The quantitative estimate of drug-likeness (QED) is 0.695. The monoisotopic (exact) mass is 323 g/mol. The molecule has 0 saturated carbocycles. The van der Waals surface area contributed by atoms with Crippen LogP contribution in [0.4, 0.5) is 0 Å². The molecule has 3 aromatic rings. The molecule has 5 heteroatoms. The van der Waals surface area contributed by atoms with Gasteiger partial charge in [0.2, 0.25) is 0 Å². The lowest BCUT2D eigenvalue weighted by Crippen LogP contribution is -2.14. The van der Waals surface area contributed by atoms with Crippen molar-refractivity contribution >= 4 is 0 Å². The Hall–Kier alpha value is -2.66. The average molecular weight is 323 g/mol. The zero-order chi connectivity index (χ0) is 16.9. The third kappa shape index (κ3) is 3.31. The predicted octanol–water partition coefficient (Wildman–Crippen LogP) is 3.66. The summed E-state index contributed by atoms with van der Waals surface area (Å²) in [4.78, 5) is 8.72. The lowest BCUT2D eigenvalue weighted by molar-refractivity contribution is 0.103. The Morgan fingerprint density at radius 2 is 2.00 bits per heavy atom. The molecule has 1 unspecified atom stereocenters. The minimum atomic E-state index is 0.119. The number of ether oxygens (including phenoxy) is 2. The molecule has 2 aromatic heterocycles. The number of pyridine rings is 1. The second-order valence-corrected chi connectivity index (χ2v) is 5.61. The molecule has 1 atom stereocenters. The first-order chi connectivity index (χ1) is 11.7. The summed E-state index contributed by atoms with van der Waals surface area (Å²) in [5, 5.41) is 0. The summed E-state index contributed by atoms with van der Waals surface area (Å²) >= 11 is 0. The molecule has 124 valence electrons. The van der Waals surface area contributed by atoms with E-state index in [0.29, 0.717) is 0 Å². The zero-order valence-electron chi connectivity index (χ0n) is 14.1. The van der Waals surface area contributed by atoms with Crippen molar-refractivity contribution in [2.45, 2.75) is 19.6 Å². The molecule has 0 fully saturated rings. The van der Waals surface area contributed by atoms with Crippen molar-refractivity contribution in [2.24, 2.45) is 0 Å². The summed E-state index contributed by atoms with van der Waals surface area (Å²) < 4.78 is 13.0. The van der Waals surface area contributed by atoms with Crippen LogP contribution in [0.5, 0.6) is 5.75 Å². The first kappa shape index (κ1) is 16.2. The van der Waals surface area contributed by atoms with E-state index in [4.69, 9.17) is 9.47 Å². The minimum Gasteiger partial charge on any atom is -0.496 e. The van der Waals surface area contributed by atoms with Gasteiger partial charge in [-0.15, -0.1) is 0 Å². The van der Waals surface area contributed by atoms with Crippen molar-refractivity contribution in [1.29, 1.82) is 0 Å². The molecule has 0 radical (unpaired) electrons. The summed E-state index contributed by atoms with van der Waals surface area (Å²) in [6.45, 7) is 2.79. The third-order valence-electron chi connectivity index (χ3n) is 4.00. The van der Waals surface area contributed by atoms with Crippen molar-refractivity contribution in [2.75, 3.05) is 14.2 Å². The minimum absolute atomic E-state index is 0.119. The van der Waals surface area contributed by atoms with Gasteiger partial charge in [-0.3, -0.25) is 4.98 Å². The molecule has 24 heavy (non-hydrogen) atoms. The Morgan fingerprint density at radius 3 is 2.71 bits per heavy atom. The summed E-state index contributed by atoms with van der Waals surface area (Å²) in [5.41, 5.74) is 3.04. The van der Waals surface area contributed by atoms with Crippen LogP contribution >= 0.6 is 0 Å². The number of methoxy groups -OCH3 is 2. The van der Waals surface area contributed by atoms with Crippen molar-refractivity contribution in [3.63, 3.8) is 0 Å². The summed E-state index contributed by atoms with van der Waals surface area (Å²) in [5.74, 6) is 1.72.